The average Bonchev–Trinajstić information content (AvgIpc) is 2.77. The highest BCUT2D eigenvalue weighted by atomic mass is 79.9. The SMILES string of the molecule is Brc1cccc(C2=NOC3OCCC23)c1. The van der Waals surface area contributed by atoms with Crippen molar-refractivity contribution in [2.75, 3.05) is 6.61 Å². The molecule has 1 saturated heterocycles. The Labute approximate surface area is 96.2 Å². The number of hydrogen-bond donors (Lipinski definition) is 0. The van der Waals surface area contributed by atoms with Gasteiger partial charge in [0.05, 0.1) is 18.2 Å². The molecule has 3 nitrogen and oxygen atoms in total. The summed E-state index contributed by atoms with van der Waals surface area (Å²) < 4.78 is 6.47. The van der Waals surface area contributed by atoms with E-state index in [1.807, 2.05) is 18.2 Å². The number of ether oxygens (including phenoxy) is 1. The molecule has 0 aromatic heterocycles. The second-order valence-electron chi connectivity index (χ2n) is 3.73. The van der Waals surface area contributed by atoms with Gasteiger partial charge in [-0.15, -0.1) is 0 Å². The Morgan fingerprint density at radius 2 is 2.33 bits per heavy atom. The molecule has 2 aliphatic rings. The van der Waals surface area contributed by atoms with Gasteiger partial charge in [0, 0.05) is 10.0 Å². The van der Waals surface area contributed by atoms with Gasteiger partial charge in [-0.25, -0.2) is 0 Å². The van der Waals surface area contributed by atoms with Gasteiger partial charge < -0.3 is 9.57 Å². The predicted molar refractivity (Wildman–Crippen MR) is 59.6 cm³/mol. The number of rotatable bonds is 1. The topological polar surface area (TPSA) is 30.8 Å². The van der Waals surface area contributed by atoms with Crippen LogP contribution < -0.4 is 0 Å². The standard InChI is InChI=1S/C11H10BrNO2/c12-8-3-1-2-7(6-8)10-9-4-5-14-11(9)15-13-10/h1-3,6,9,11H,4-5H2. The second kappa shape index (κ2) is 3.61. The zero-order valence-corrected chi connectivity index (χ0v) is 9.61. The molecule has 0 bridgehead atoms. The average molecular weight is 268 g/mol. The minimum atomic E-state index is -0.154. The fourth-order valence-corrected chi connectivity index (χ4v) is 2.42. The largest absolute Gasteiger partial charge is 0.363 e. The highest BCUT2D eigenvalue weighted by Gasteiger charge is 2.39. The van der Waals surface area contributed by atoms with E-state index in [2.05, 4.69) is 27.2 Å². The van der Waals surface area contributed by atoms with Gasteiger partial charge >= 0.3 is 0 Å². The number of oxime groups is 1. The van der Waals surface area contributed by atoms with E-state index >= 15 is 0 Å². The molecule has 0 amide bonds. The van der Waals surface area contributed by atoms with Crippen LogP contribution in [-0.4, -0.2) is 18.6 Å². The van der Waals surface area contributed by atoms with Crippen LogP contribution in [0.3, 0.4) is 0 Å². The summed E-state index contributed by atoms with van der Waals surface area (Å²) in [6.07, 6.45) is 0.842. The third-order valence-electron chi connectivity index (χ3n) is 2.77. The van der Waals surface area contributed by atoms with Crippen molar-refractivity contribution in [2.24, 2.45) is 11.1 Å². The van der Waals surface area contributed by atoms with Crippen LogP contribution in [0.4, 0.5) is 0 Å². The van der Waals surface area contributed by atoms with E-state index in [0.717, 1.165) is 28.8 Å². The summed E-state index contributed by atoms with van der Waals surface area (Å²) in [5, 5.41) is 4.10. The lowest BCUT2D eigenvalue weighted by Crippen LogP contribution is -2.18. The summed E-state index contributed by atoms with van der Waals surface area (Å²) in [7, 11) is 0. The Morgan fingerprint density at radius 1 is 1.40 bits per heavy atom. The first kappa shape index (κ1) is 9.36. The predicted octanol–water partition coefficient (Wildman–Crippen LogP) is 2.55. The number of fused-ring (bicyclic) bond motifs is 1. The van der Waals surface area contributed by atoms with Crippen LogP contribution in [0.2, 0.25) is 0 Å². The summed E-state index contributed by atoms with van der Waals surface area (Å²) in [4.78, 5) is 5.23. The summed E-state index contributed by atoms with van der Waals surface area (Å²) in [6, 6.07) is 8.12. The molecule has 1 fully saturated rings. The lowest BCUT2D eigenvalue weighted by molar-refractivity contribution is -0.106. The van der Waals surface area contributed by atoms with Crippen molar-refractivity contribution in [3.63, 3.8) is 0 Å². The van der Waals surface area contributed by atoms with E-state index in [1.54, 1.807) is 0 Å². The highest BCUT2D eigenvalue weighted by Crippen LogP contribution is 2.32. The quantitative estimate of drug-likeness (QED) is 0.783. The van der Waals surface area contributed by atoms with Gasteiger partial charge in [-0.3, -0.25) is 0 Å². The zero-order valence-electron chi connectivity index (χ0n) is 8.02. The summed E-state index contributed by atoms with van der Waals surface area (Å²) in [5.74, 6) is 0.305. The normalized spacial score (nSPS) is 28.5. The number of nitrogens with zero attached hydrogens (tertiary/aromatic N) is 1. The van der Waals surface area contributed by atoms with E-state index < -0.39 is 0 Å². The number of halogens is 1. The van der Waals surface area contributed by atoms with Crippen LogP contribution in [0.5, 0.6) is 0 Å². The molecule has 2 atom stereocenters. The van der Waals surface area contributed by atoms with Crippen LogP contribution >= 0.6 is 15.9 Å². The molecule has 0 radical (unpaired) electrons. The van der Waals surface area contributed by atoms with E-state index in [1.165, 1.54) is 0 Å². The minimum Gasteiger partial charge on any atom is -0.363 e. The lowest BCUT2D eigenvalue weighted by atomic mass is 9.96. The first-order valence-corrected chi connectivity index (χ1v) is 5.75. The van der Waals surface area contributed by atoms with Crippen molar-refractivity contribution in [3.8, 4) is 0 Å². The third kappa shape index (κ3) is 1.58. The minimum absolute atomic E-state index is 0.154. The third-order valence-corrected chi connectivity index (χ3v) is 3.26. The first-order chi connectivity index (χ1) is 7.34. The molecule has 0 spiro atoms. The van der Waals surface area contributed by atoms with Gasteiger partial charge in [0.15, 0.2) is 0 Å². The van der Waals surface area contributed by atoms with Crippen LogP contribution in [0.1, 0.15) is 12.0 Å². The van der Waals surface area contributed by atoms with Gasteiger partial charge in [0.2, 0.25) is 6.29 Å². The maximum atomic E-state index is 5.41. The Bertz CT molecular complexity index is 419. The van der Waals surface area contributed by atoms with E-state index in [4.69, 9.17) is 9.57 Å². The van der Waals surface area contributed by atoms with E-state index in [0.29, 0.717) is 5.92 Å². The molecule has 1 aromatic carbocycles. The molecular weight excluding hydrogens is 258 g/mol. The molecule has 0 aliphatic carbocycles. The Kier molecular flexibility index (Phi) is 2.25. The van der Waals surface area contributed by atoms with Gasteiger partial charge in [-0.1, -0.05) is 33.2 Å². The maximum absolute atomic E-state index is 5.41. The van der Waals surface area contributed by atoms with Crippen LogP contribution in [0, 0.1) is 5.92 Å². The monoisotopic (exact) mass is 267 g/mol. The molecule has 2 unspecified atom stereocenters. The molecule has 78 valence electrons. The smallest absolute Gasteiger partial charge is 0.235 e. The van der Waals surface area contributed by atoms with Crippen molar-refractivity contribution in [1.82, 2.24) is 0 Å². The Morgan fingerprint density at radius 3 is 3.20 bits per heavy atom. The number of hydrogen-bond acceptors (Lipinski definition) is 3. The van der Waals surface area contributed by atoms with Gasteiger partial charge in [-0.2, -0.15) is 0 Å². The molecule has 4 heteroatoms. The molecule has 0 saturated carbocycles. The first-order valence-electron chi connectivity index (χ1n) is 4.96. The summed E-state index contributed by atoms with van der Waals surface area (Å²) in [6.45, 7) is 0.766. The fourth-order valence-electron chi connectivity index (χ4n) is 2.02. The molecule has 2 heterocycles. The zero-order chi connectivity index (χ0) is 10.3. The molecule has 2 aliphatic heterocycles. The van der Waals surface area contributed by atoms with E-state index in [9.17, 15) is 0 Å². The van der Waals surface area contributed by atoms with Crippen molar-refractivity contribution in [3.05, 3.63) is 34.3 Å². The second-order valence-corrected chi connectivity index (χ2v) is 4.64. The molecule has 3 rings (SSSR count). The van der Waals surface area contributed by atoms with Crippen molar-refractivity contribution >= 4 is 21.6 Å². The highest BCUT2D eigenvalue weighted by molar-refractivity contribution is 9.10. The molecular formula is C11H10BrNO2. The van der Waals surface area contributed by atoms with Crippen molar-refractivity contribution in [2.45, 2.75) is 12.7 Å². The van der Waals surface area contributed by atoms with E-state index in [-0.39, 0.29) is 6.29 Å². The van der Waals surface area contributed by atoms with Crippen LogP contribution in [0.15, 0.2) is 33.9 Å². The van der Waals surface area contributed by atoms with Crippen molar-refractivity contribution < 1.29 is 9.57 Å². The fraction of sp³-hybridized carbons (Fsp3) is 0.364. The maximum Gasteiger partial charge on any atom is 0.235 e. The summed E-state index contributed by atoms with van der Waals surface area (Å²) in [5.41, 5.74) is 2.13. The molecule has 15 heavy (non-hydrogen) atoms. The lowest BCUT2D eigenvalue weighted by Gasteiger charge is -2.07. The van der Waals surface area contributed by atoms with Crippen molar-refractivity contribution in [1.29, 1.82) is 0 Å². The van der Waals surface area contributed by atoms with Crippen LogP contribution in [0.25, 0.3) is 0 Å². The van der Waals surface area contributed by atoms with Gasteiger partial charge in [-0.05, 0) is 18.6 Å². The van der Waals surface area contributed by atoms with Gasteiger partial charge in [0.25, 0.3) is 0 Å². The number of benzene rings is 1. The summed E-state index contributed by atoms with van der Waals surface area (Å²) >= 11 is 3.45. The molecule has 1 aromatic rings. The molecule has 0 N–H and O–H groups in total. The Balaban J connectivity index is 1.94. The Hall–Kier alpha value is -0.870. The van der Waals surface area contributed by atoms with Crippen LogP contribution in [-0.2, 0) is 9.57 Å². The van der Waals surface area contributed by atoms with Gasteiger partial charge in [0.1, 0.15) is 0 Å².